The van der Waals surface area contributed by atoms with E-state index >= 15 is 0 Å². The van der Waals surface area contributed by atoms with E-state index < -0.39 is 0 Å². The first-order chi connectivity index (χ1) is 10.6. The van der Waals surface area contributed by atoms with Gasteiger partial charge in [0.1, 0.15) is 5.52 Å². The third-order valence-corrected chi connectivity index (χ3v) is 3.76. The van der Waals surface area contributed by atoms with Gasteiger partial charge in [0, 0.05) is 24.4 Å². The smallest absolute Gasteiger partial charge is 0.300 e. The topological polar surface area (TPSA) is 67.2 Å². The SMILES string of the molecule is CNC(=O)c1cccc(Nc2nc3cc(Cl)c(Cl)cc3o2)c1. The maximum Gasteiger partial charge on any atom is 0.300 e. The highest BCUT2D eigenvalue weighted by Crippen LogP contribution is 2.30. The molecule has 0 saturated heterocycles. The minimum absolute atomic E-state index is 0.167. The number of carbonyl (C=O) groups is 1. The molecule has 112 valence electrons. The Balaban J connectivity index is 1.91. The number of rotatable bonds is 3. The largest absolute Gasteiger partial charge is 0.423 e. The lowest BCUT2D eigenvalue weighted by Crippen LogP contribution is -2.17. The molecule has 0 radical (unpaired) electrons. The van der Waals surface area contributed by atoms with E-state index in [4.69, 9.17) is 27.6 Å². The Hall–Kier alpha value is -2.24. The van der Waals surface area contributed by atoms with Gasteiger partial charge in [-0.2, -0.15) is 4.98 Å². The number of hydrogen-bond acceptors (Lipinski definition) is 4. The molecule has 2 N–H and O–H groups in total. The highest BCUT2D eigenvalue weighted by Gasteiger charge is 2.10. The number of benzene rings is 2. The van der Waals surface area contributed by atoms with Crippen molar-refractivity contribution in [2.75, 3.05) is 12.4 Å². The Morgan fingerprint density at radius 2 is 1.95 bits per heavy atom. The fourth-order valence-corrected chi connectivity index (χ4v) is 2.29. The molecule has 1 heterocycles. The van der Waals surface area contributed by atoms with E-state index in [-0.39, 0.29) is 5.91 Å². The van der Waals surface area contributed by atoms with Crippen LogP contribution in [0.4, 0.5) is 11.7 Å². The summed E-state index contributed by atoms with van der Waals surface area (Å²) in [5.74, 6) is -0.167. The lowest BCUT2D eigenvalue weighted by Gasteiger charge is -2.04. The Morgan fingerprint density at radius 3 is 2.73 bits per heavy atom. The molecule has 0 saturated carbocycles. The van der Waals surface area contributed by atoms with Crippen LogP contribution in [0.1, 0.15) is 10.4 Å². The third-order valence-electron chi connectivity index (χ3n) is 3.03. The Bertz CT molecular complexity index is 822. The highest BCUT2D eigenvalue weighted by molar-refractivity contribution is 6.42. The van der Waals surface area contributed by atoms with Gasteiger partial charge in [0.2, 0.25) is 0 Å². The second-order valence-corrected chi connectivity index (χ2v) is 5.35. The van der Waals surface area contributed by atoms with E-state index in [0.717, 1.165) is 0 Å². The lowest BCUT2D eigenvalue weighted by molar-refractivity contribution is 0.0963. The van der Waals surface area contributed by atoms with E-state index in [1.165, 1.54) is 0 Å². The van der Waals surface area contributed by atoms with Crippen LogP contribution in [-0.4, -0.2) is 17.9 Å². The first-order valence-corrected chi connectivity index (χ1v) is 7.17. The first kappa shape index (κ1) is 14.7. The number of carbonyl (C=O) groups excluding carboxylic acids is 1. The van der Waals surface area contributed by atoms with Gasteiger partial charge in [-0.05, 0) is 24.3 Å². The van der Waals surface area contributed by atoms with Crippen molar-refractivity contribution in [1.82, 2.24) is 10.3 Å². The van der Waals surface area contributed by atoms with Gasteiger partial charge in [0.15, 0.2) is 5.58 Å². The zero-order chi connectivity index (χ0) is 15.7. The zero-order valence-corrected chi connectivity index (χ0v) is 13.0. The van der Waals surface area contributed by atoms with Crippen LogP contribution in [0.15, 0.2) is 40.8 Å². The molecule has 22 heavy (non-hydrogen) atoms. The number of aromatic nitrogens is 1. The van der Waals surface area contributed by atoms with Crippen molar-refractivity contribution < 1.29 is 9.21 Å². The highest BCUT2D eigenvalue weighted by atomic mass is 35.5. The molecule has 7 heteroatoms. The van der Waals surface area contributed by atoms with Crippen LogP contribution in [-0.2, 0) is 0 Å². The Kier molecular flexibility index (Phi) is 3.92. The van der Waals surface area contributed by atoms with Crippen LogP contribution in [0.2, 0.25) is 10.0 Å². The minimum atomic E-state index is -0.167. The van der Waals surface area contributed by atoms with Crippen LogP contribution in [0.3, 0.4) is 0 Å². The summed E-state index contributed by atoms with van der Waals surface area (Å²) in [4.78, 5) is 15.9. The van der Waals surface area contributed by atoms with Gasteiger partial charge in [-0.25, -0.2) is 0 Å². The van der Waals surface area contributed by atoms with Gasteiger partial charge in [0.05, 0.1) is 10.0 Å². The molecule has 1 aromatic heterocycles. The van der Waals surface area contributed by atoms with Crippen molar-refractivity contribution in [1.29, 1.82) is 0 Å². The lowest BCUT2D eigenvalue weighted by atomic mass is 10.2. The number of fused-ring (bicyclic) bond motifs is 1. The summed E-state index contributed by atoms with van der Waals surface area (Å²) < 4.78 is 5.57. The van der Waals surface area contributed by atoms with Crippen molar-refractivity contribution >= 4 is 51.9 Å². The van der Waals surface area contributed by atoms with E-state index in [2.05, 4.69) is 15.6 Å². The van der Waals surface area contributed by atoms with Crippen LogP contribution in [0, 0.1) is 0 Å². The molecule has 0 bridgehead atoms. The first-order valence-electron chi connectivity index (χ1n) is 6.41. The molecule has 0 fully saturated rings. The van der Waals surface area contributed by atoms with E-state index in [0.29, 0.717) is 38.4 Å². The van der Waals surface area contributed by atoms with Gasteiger partial charge >= 0.3 is 0 Å². The fraction of sp³-hybridized carbons (Fsp3) is 0.0667. The van der Waals surface area contributed by atoms with Crippen LogP contribution in [0.25, 0.3) is 11.1 Å². The van der Waals surface area contributed by atoms with E-state index in [1.807, 2.05) is 0 Å². The van der Waals surface area contributed by atoms with Crippen molar-refractivity contribution in [2.45, 2.75) is 0 Å². The monoisotopic (exact) mass is 335 g/mol. The molecule has 3 rings (SSSR count). The molecular formula is C15H11Cl2N3O2. The average Bonchev–Trinajstić information content (AvgIpc) is 2.88. The molecule has 1 amide bonds. The maximum atomic E-state index is 11.6. The normalized spacial score (nSPS) is 10.7. The van der Waals surface area contributed by atoms with E-state index in [1.54, 1.807) is 43.4 Å². The molecule has 0 aliphatic carbocycles. The molecular weight excluding hydrogens is 325 g/mol. The standard InChI is InChI=1S/C15H11Cl2N3O2/c1-18-14(21)8-3-2-4-9(5-8)19-15-20-12-6-10(16)11(17)7-13(12)22-15/h2-7H,1H3,(H,18,21)(H,19,20). The van der Waals surface area contributed by atoms with Crippen molar-refractivity contribution in [3.05, 3.63) is 52.0 Å². The molecule has 3 aromatic rings. The number of oxazole rings is 1. The van der Waals surface area contributed by atoms with Crippen molar-refractivity contribution in [3.8, 4) is 0 Å². The third kappa shape index (κ3) is 2.86. The molecule has 0 atom stereocenters. The quantitative estimate of drug-likeness (QED) is 0.751. The summed E-state index contributed by atoms with van der Waals surface area (Å²) in [6.45, 7) is 0. The summed E-state index contributed by atoms with van der Waals surface area (Å²) in [5.41, 5.74) is 2.35. The number of amides is 1. The van der Waals surface area contributed by atoms with E-state index in [9.17, 15) is 4.79 Å². The van der Waals surface area contributed by atoms with Crippen LogP contribution < -0.4 is 10.6 Å². The molecule has 2 aromatic carbocycles. The molecule has 0 aliphatic heterocycles. The number of nitrogens with zero attached hydrogens (tertiary/aromatic N) is 1. The van der Waals surface area contributed by atoms with Crippen molar-refractivity contribution in [3.63, 3.8) is 0 Å². The molecule has 0 aliphatic rings. The summed E-state index contributed by atoms with van der Waals surface area (Å²) in [6, 6.07) is 10.5. The number of hydrogen-bond donors (Lipinski definition) is 2. The van der Waals surface area contributed by atoms with Gasteiger partial charge in [-0.1, -0.05) is 29.3 Å². The number of halogens is 2. The average molecular weight is 336 g/mol. The fourth-order valence-electron chi connectivity index (χ4n) is 1.98. The van der Waals surface area contributed by atoms with Crippen LogP contribution in [0.5, 0.6) is 0 Å². The van der Waals surface area contributed by atoms with Gasteiger partial charge in [-0.15, -0.1) is 0 Å². The number of nitrogens with one attached hydrogen (secondary N) is 2. The van der Waals surface area contributed by atoms with Crippen molar-refractivity contribution in [2.24, 2.45) is 0 Å². The van der Waals surface area contributed by atoms with Gasteiger partial charge < -0.3 is 15.1 Å². The second-order valence-electron chi connectivity index (χ2n) is 4.54. The Labute approximate surface area is 136 Å². The Morgan fingerprint density at radius 1 is 1.18 bits per heavy atom. The van der Waals surface area contributed by atoms with Gasteiger partial charge in [0.25, 0.3) is 11.9 Å². The zero-order valence-electron chi connectivity index (χ0n) is 11.5. The molecule has 0 spiro atoms. The summed E-state index contributed by atoms with van der Waals surface area (Å²) >= 11 is 11.9. The molecule has 0 unspecified atom stereocenters. The maximum absolute atomic E-state index is 11.6. The predicted molar refractivity (Wildman–Crippen MR) is 87.1 cm³/mol. The molecule has 5 nitrogen and oxygen atoms in total. The van der Waals surface area contributed by atoms with Crippen LogP contribution >= 0.6 is 23.2 Å². The summed E-state index contributed by atoms with van der Waals surface area (Å²) in [7, 11) is 1.58. The van der Waals surface area contributed by atoms with Gasteiger partial charge in [-0.3, -0.25) is 4.79 Å². The predicted octanol–water partition coefficient (Wildman–Crippen LogP) is 4.24. The summed E-state index contributed by atoms with van der Waals surface area (Å²) in [5, 5.41) is 6.39. The minimum Gasteiger partial charge on any atom is -0.423 e. The number of anilines is 2. The summed E-state index contributed by atoms with van der Waals surface area (Å²) in [6.07, 6.45) is 0. The second kappa shape index (κ2) is 5.87.